The van der Waals surface area contributed by atoms with Crippen molar-refractivity contribution in [3.05, 3.63) is 39.9 Å². The molecule has 0 saturated heterocycles. The smallest absolute Gasteiger partial charge is 0.269 e. The average molecular weight is 179 g/mol. The van der Waals surface area contributed by atoms with E-state index in [9.17, 15) is 15.2 Å². The second-order valence-corrected chi connectivity index (χ2v) is 3.34. The number of nitro groups is 1. The molecular formula is C9H9NO3. The van der Waals surface area contributed by atoms with Gasteiger partial charge in [0.2, 0.25) is 0 Å². The molecule has 4 nitrogen and oxygen atoms in total. The first-order valence-electron chi connectivity index (χ1n) is 4.09. The minimum absolute atomic E-state index is 0.0397. The number of aliphatic hydroxyl groups is 1. The van der Waals surface area contributed by atoms with Crippen molar-refractivity contribution in [2.24, 2.45) is 0 Å². The fourth-order valence-electron chi connectivity index (χ4n) is 1.32. The number of hydrogen-bond donors (Lipinski definition) is 1. The summed E-state index contributed by atoms with van der Waals surface area (Å²) in [6.07, 6.45) is 1.41. The molecule has 1 N–H and O–H groups in total. The van der Waals surface area contributed by atoms with Crippen LogP contribution in [0.5, 0.6) is 0 Å². The van der Waals surface area contributed by atoms with Gasteiger partial charge >= 0.3 is 0 Å². The molecule has 0 aromatic heterocycles. The van der Waals surface area contributed by atoms with Crippen LogP contribution in [0.2, 0.25) is 0 Å². The van der Waals surface area contributed by atoms with Gasteiger partial charge in [0.25, 0.3) is 5.69 Å². The minimum atomic E-state index is -0.786. The number of benzene rings is 1. The van der Waals surface area contributed by atoms with E-state index in [-0.39, 0.29) is 5.69 Å². The molecule has 0 radical (unpaired) electrons. The first-order valence-corrected chi connectivity index (χ1v) is 4.09. The summed E-state index contributed by atoms with van der Waals surface area (Å²) in [5.74, 6) is 0. The van der Waals surface area contributed by atoms with Crippen molar-refractivity contribution in [1.82, 2.24) is 0 Å². The van der Waals surface area contributed by atoms with E-state index in [1.165, 1.54) is 12.1 Å². The molecule has 1 aromatic carbocycles. The van der Waals surface area contributed by atoms with Gasteiger partial charge in [-0.05, 0) is 18.4 Å². The lowest BCUT2D eigenvalue weighted by atomic mass is 10.1. The maximum Gasteiger partial charge on any atom is 0.269 e. The number of non-ortho nitro benzene ring substituents is 1. The van der Waals surface area contributed by atoms with E-state index in [4.69, 9.17) is 0 Å². The molecule has 0 unspecified atom stereocenters. The minimum Gasteiger partial charge on any atom is -0.385 e. The lowest BCUT2D eigenvalue weighted by Gasteiger charge is -2.06. The van der Waals surface area contributed by atoms with Crippen molar-refractivity contribution < 1.29 is 10.0 Å². The van der Waals surface area contributed by atoms with Gasteiger partial charge in [-0.1, -0.05) is 12.1 Å². The predicted octanol–water partition coefficient (Wildman–Crippen LogP) is 1.58. The maximum absolute atomic E-state index is 10.4. The zero-order valence-corrected chi connectivity index (χ0v) is 6.93. The Kier molecular flexibility index (Phi) is 1.60. The van der Waals surface area contributed by atoms with Crippen LogP contribution in [0.4, 0.5) is 5.69 Å². The zero-order chi connectivity index (χ0) is 9.47. The van der Waals surface area contributed by atoms with Crippen LogP contribution in [0.3, 0.4) is 0 Å². The standard InChI is InChI=1S/C9H9NO3/c11-9(4-5-9)7-2-1-3-8(6-7)10(12)13/h1-3,6,11H,4-5H2. The number of nitrogens with zero attached hydrogens (tertiary/aromatic N) is 1. The van der Waals surface area contributed by atoms with Crippen molar-refractivity contribution in [2.45, 2.75) is 18.4 Å². The molecule has 68 valence electrons. The molecule has 13 heavy (non-hydrogen) atoms. The van der Waals surface area contributed by atoms with Crippen molar-refractivity contribution in [1.29, 1.82) is 0 Å². The van der Waals surface area contributed by atoms with Gasteiger partial charge in [0.15, 0.2) is 0 Å². The van der Waals surface area contributed by atoms with Gasteiger partial charge in [0.1, 0.15) is 0 Å². The van der Waals surface area contributed by atoms with Gasteiger partial charge in [-0.2, -0.15) is 0 Å². The van der Waals surface area contributed by atoms with Gasteiger partial charge < -0.3 is 5.11 Å². The lowest BCUT2D eigenvalue weighted by Crippen LogP contribution is -2.04. The van der Waals surface area contributed by atoms with Crippen LogP contribution in [0.15, 0.2) is 24.3 Å². The normalized spacial score (nSPS) is 18.2. The Labute approximate surface area is 75.0 Å². The summed E-state index contributed by atoms with van der Waals surface area (Å²) in [5, 5.41) is 20.1. The van der Waals surface area contributed by atoms with Crippen LogP contribution in [-0.2, 0) is 5.60 Å². The second-order valence-electron chi connectivity index (χ2n) is 3.34. The van der Waals surface area contributed by atoms with E-state index in [1.54, 1.807) is 12.1 Å². The van der Waals surface area contributed by atoms with E-state index < -0.39 is 10.5 Å². The number of nitro benzene ring substituents is 1. The molecule has 1 fully saturated rings. The first-order chi connectivity index (χ1) is 6.12. The quantitative estimate of drug-likeness (QED) is 0.553. The highest BCUT2D eigenvalue weighted by molar-refractivity contribution is 5.39. The highest BCUT2D eigenvalue weighted by Crippen LogP contribution is 2.45. The maximum atomic E-state index is 10.4. The van der Waals surface area contributed by atoms with Crippen LogP contribution >= 0.6 is 0 Å². The average Bonchev–Trinajstić information content (AvgIpc) is 2.85. The lowest BCUT2D eigenvalue weighted by molar-refractivity contribution is -0.385. The number of hydrogen-bond acceptors (Lipinski definition) is 3. The summed E-state index contributed by atoms with van der Waals surface area (Å²) in [7, 11) is 0. The van der Waals surface area contributed by atoms with Crippen molar-refractivity contribution >= 4 is 5.69 Å². The fraction of sp³-hybridized carbons (Fsp3) is 0.333. The molecule has 0 heterocycles. The molecule has 1 aliphatic carbocycles. The van der Waals surface area contributed by atoms with Crippen molar-refractivity contribution in [3.8, 4) is 0 Å². The molecule has 1 aromatic rings. The summed E-state index contributed by atoms with van der Waals surface area (Å²) < 4.78 is 0. The van der Waals surface area contributed by atoms with Gasteiger partial charge in [0.05, 0.1) is 10.5 Å². The SMILES string of the molecule is O=[N+]([O-])c1cccc(C2(O)CC2)c1. The Bertz CT molecular complexity index is 358. The molecule has 2 rings (SSSR count). The predicted molar refractivity (Wildman–Crippen MR) is 46.2 cm³/mol. The Hall–Kier alpha value is -1.42. The third-order valence-electron chi connectivity index (χ3n) is 2.32. The highest BCUT2D eigenvalue weighted by atomic mass is 16.6. The largest absolute Gasteiger partial charge is 0.385 e. The van der Waals surface area contributed by atoms with Crippen LogP contribution < -0.4 is 0 Å². The first kappa shape index (κ1) is 8.19. The number of rotatable bonds is 2. The Morgan fingerprint density at radius 2 is 2.15 bits per heavy atom. The molecule has 0 bridgehead atoms. The van der Waals surface area contributed by atoms with Crippen molar-refractivity contribution in [2.75, 3.05) is 0 Å². The molecule has 4 heteroatoms. The van der Waals surface area contributed by atoms with E-state index in [2.05, 4.69) is 0 Å². The van der Waals surface area contributed by atoms with E-state index in [0.29, 0.717) is 18.4 Å². The van der Waals surface area contributed by atoms with Gasteiger partial charge in [0, 0.05) is 12.1 Å². The molecule has 1 aliphatic rings. The van der Waals surface area contributed by atoms with E-state index in [1.807, 2.05) is 0 Å². The summed E-state index contributed by atoms with van der Waals surface area (Å²) in [5.41, 5.74) is -0.0917. The molecule has 0 spiro atoms. The Morgan fingerprint density at radius 1 is 1.46 bits per heavy atom. The van der Waals surface area contributed by atoms with Crippen molar-refractivity contribution in [3.63, 3.8) is 0 Å². The van der Waals surface area contributed by atoms with E-state index in [0.717, 1.165) is 0 Å². The summed E-state index contributed by atoms with van der Waals surface area (Å²) in [4.78, 5) is 9.98. The zero-order valence-electron chi connectivity index (χ0n) is 6.93. The van der Waals surface area contributed by atoms with Crippen LogP contribution in [0.1, 0.15) is 18.4 Å². The molecular weight excluding hydrogens is 170 g/mol. The molecule has 1 saturated carbocycles. The summed E-state index contributed by atoms with van der Waals surface area (Å²) >= 11 is 0. The molecule has 0 atom stereocenters. The topological polar surface area (TPSA) is 63.4 Å². The van der Waals surface area contributed by atoms with Gasteiger partial charge in [-0.15, -0.1) is 0 Å². The molecule has 0 aliphatic heterocycles. The van der Waals surface area contributed by atoms with Gasteiger partial charge in [-0.3, -0.25) is 10.1 Å². The third-order valence-corrected chi connectivity index (χ3v) is 2.32. The second kappa shape index (κ2) is 2.53. The highest BCUT2D eigenvalue weighted by Gasteiger charge is 2.42. The van der Waals surface area contributed by atoms with Crippen LogP contribution in [0, 0.1) is 10.1 Å². The third kappa shape index (κ3) is 1.40. The van der Waals surface area contributed by atoms with Gasteiger partial charge in [-0.25, -0.2) is 0 Å². The summed E-state index contributed by atoms with van der Waals surface area (Å²) in [6.45, 7) is 0. The van der Waals surface area contributed by atoms with Crippen LogP contribution in [-0.4, -0.2) is 10.0 Å². The van der Waals surface area contributed by atoms with E-state index >= 15 is 0 Å². The monoisotopic (exact) mass is 179 g/mol. The fourth-order valence-corrected chi connectivity index (χ4v) is 1.32. The van der Waals surface area contributed by atoms with Crippen LogP contribution in [0.25, 0.3) is 0 Å². The Morgan fingerprint density at radius 3 is 2.69 bits per heavy atom. The summed E-state index contributed by atoms with van der Waals surface area (Å²) in [6, 6.07) is 6.19. The Balaban J connectivity index is 2.38. The molecule has 0 amide bonds.